The van der Waals surface area contributed by atoms with E-state index in [1.807, 2.05) is 18.2 Å². The first kappa shape index (κ1) is 13.5. The number of nitrogens with zero attached hydrogens (tertiary/aromatic N) is 1. The van der Waals surface area contributed by atoms with Gasteiger partial charge < -0.3 is 5.73 Å². The Morgan fingerprint density at radius 1 is 1.21 bits per heavy atom. The quantitative estimate of drug-likeness (QED) is 0.501. The van der Waals surface area contributed by atoms with E-state index >= 15 is 0 Å². The van der Waals surface area contributed by atoms with Crippen LogP contribution in [0.2, 0.25) is 0 Å². The predicted octanol–water partition coefficient (Wildman–Crippen LogP) is 1.87. The summed E-state index contributed by atoms with van der Waals surface area (Å²) >= 11 is 0. The van der Waals surface area contributed by atoms with Crippen molar-refractivity contribution in [3.63, 3.8) is 0 Å². The summed E-state index contributed by atoms with van der Waals surface area (Å²) in [6.07, 6.45) is 0.213. The molecule has 1 atom stereocenters. The van der Waals surface area contributed by atoms with Gasteiger partial charge in [-0.2, -0.15) is 0 Å². The molecule has 2 aromatic carbocycles. The summed E-state index contributed by atoms with van der Waals surface area (Å²) in [5.41, 5.74) is 8.23. The van der Waals surface area contributed by atoms with Crippen molar-refractivity contribution in [1.29, 1.82) is 0 Å². The number of rotatable bonds is 3. The molecule has 0 saturated carbocycles. The van der Waals surface area contributed by atoms with E-state index in [-0.39, 0.29) is 18.4 Å². The zero-order valence-corrected chi connectivity index (χ0v) is 11.3. The summed E-state index contributed by atoms with van der Waals surface area (Å²) in [6.45, 7) is 2.06. The normalized spacial score (nSPS) is 12.4. The summed E-state index contributed by atoms with van der Waals surface area (Å²) in [4.78, 5) is 11.6. The molecule has 2 rings (SSSR count). The molecule has 0 aliphatic heterocycles. The third-order valence-corrected chi connectivity index (χ3v) is 3.24. The number of nitrogens with two attached hydrogens (primary N) is 2. The molecule has 0 bridgehead atoms. The summed E-state index contributed by atoms with van der Waals surface area (Å²) in [6, 6.07) is 12.0. The van der Waals surface area contributed by atoms with E-state index in [1.54, 1.807) is 0 Å². The van der Waals surface area contributed by atoms with Gasteiger partial charge in [-0.3, -0.25) is 9.80 Å². The van der Waals surface area contributed by atoms with Crippen LogP contribution in [0.1, 0.15) is 23.6 Å². The van der Waals surface area contributed by atoms with E-state index in [9.17, 15) is 4.79 Å². The number of amides is 1. The Bertz CT molecular complexity index is 607. The predicted molar refractivity (Wildman–Crippen MR) is 77.2 cm³/mol. The van der Waals surface area contributed by atoms with E-state index < -0.39 is 0 Å². The average molecular weight is 257 g/mol. The number of hydrazine groups is 1. The lowest BCUT2D eigenvalue weighted by molar-refractivity contribution is -0.130. The molecule has 4 heteroatoms. The number of carbonyl (C=O) groups is 1. The Kier molecular flexibility index (Phi) is 3.83. The van der Waals surface area contributed by atoms with Crippen molar-refractivity contribution >= 4 is 16.7 Å². The number of aryl methyl sites for hydroxylation is 1. The van der Waals surface area contributed by atoms with Crippen LogP contribution in [-0.2, 0) is 4.79 Å². The Balaban J connectivity index is 2.25. The Labute approximate surface area is 113 Å². The molecule has 0 aromatic heterocycles. The summed E-state index contributed by atoms with van der Waals surface area (Å²) in [7, 11) is 1.53. The molecular formula is C15H19N3O. The van der Waals surface area contributed by atoms with Crippen LogP contribution in [0.25, 0.3) is 10.8 Å². The van der Waals surface area contributed by atoms with Gasteiger partial charge in [0.1, 0.15) is 0 Å². The molecule has 4 N–H and O–H groups in total. The lowest BCUT2D eigenvalue weighted by Crippen LogP contribution is -2.35. The highest BCUT2D eigenvalue weighted by atomic mass is 16.2. The molecule has 19 heavy (non-hydrogen) atoms. The minimum atomic E-state index is -0.329. The van der Waals surface area contributed by atoms with Gasteiger partial charge in [0.2, 0.25) is 5.91 Å². The van der Waals surface area contributed by atoms with Gasteiger partial charge in [0, 0.05) is 19.5 Å². The maximum absolute atomic E-state index is 11.6. The van der Waals surface area contributed by atoms with Crippen LogP contribution < -0.4 is 11.6 Å². The van der Waals surface area contributed by atoms with Gasteiger partial charge in [-0.15, -0.1) is 0 Å². The molecule has 0 aliphatic carbocycles. The fraction of sp³-hybridized carbons (Fsp3) is 0.267. The first-order chi connectivity index (χ1) is 8.97. The van der Waals surface area contributed by atoms with Crippen molar-refractivity contribution in [3.8, 4) is 0 Å². The third-order valence-electron chi connectivity index (χ3n) is 3.24. The van der Waals surface area contributed by atoms with Gasteiger partial charge >= 0.3 is 0 Å². The van der Waals surface area contributed by atoms with Gasteiger partial charge in [-0.1, -0.05) is 35.9 Å². The van der Waals surface area contributed by atoms with Crippen molar-refractivity contribution in [2.24, 2.45) is 11.6 Å². The van der Waals surface area contributed by atoms with Gasteiger partial charge in [-0.25, -0.2) is 5.84 Å². The van der Waals surface area contributed by atoms with E-state index in [1.165, 1.54) is 18.0 Å². The monoisotopic (exact) mass is 257 g/mol. The van der Waals surface area contributed by atoms with Crippen molar-refractivity contribution in [2.45, 2.75) is 19.4 Å². The standard InChI is InChI=1S/C15H19N3O/c1-10-3-4-12-8-13(6-5-11(12)7-10)14(16)9-15(19)18(2)17/h3-8,14H,9,16-17H2,1-2H3. The third kappa shape index (κ3) is 3.10. The van der Waals surface area contributed by atoms with Crippen LogP contribution in [0.4, 0.5) is 0 Å². The second kappa shape index (κ2) is 5.38. The van der Waals surface area contributed by atoms with Crippen LogP contribution in [0.15, 0.2) is 36.4 Å². The maximum atomic E-state index is 11.6. The van der Waals surface area contributed by atoms with Crippen LogP contribution >= 0.6 is 0 Å². The number of carbonyl (C=O) groups excluding carboxylic acids is 1. The van der Waals surface area contributed by atoms with Gasteiger partial charge in [0.15, 0.2) is 0 Å². The molecule has 1 unspecified atom stereocenters. The number of fused-ring (bicyclic) bond motifs is 1. The zero-order valence-electron chi connectivity index (χ0n) is 11.3. The largest absolute Gasteiger partial charge is 0.324 e. The molecular weight excluding hydrogens is 238 g/mol. The van der Waals surface area contributed by atoms with E-state index in [0.29, 0.717) is 0 Å². The highest BCUT2D eigenvalue weighted by molar-refractivity contribution is 5.84. The highest BCUT2D eigenvalue weighted by Crippen LogP contribution is 2.22. The van der Waals surface area contributed by atoms with Crippen LogP contribution in [0, 0.1) is 6.92 Å². The van der Waals surface area contributed by atoms with E-state index in [2.05, 4.69) is 25.1 Å². The van der Waals surface area contributed by atoms with Crippen LogP contribution in [-0.4, -0.2) is 18.0 Å². The molecule has 0 fully saturated rings. The summed E-state index contributed by atoms with van der Waals surface area (Å²) in [5.74, 6) is 5.23. The van der Waals surface area contributed by atoms with E-state index in [0.717, 1.165) is 16.0 Å². The van der Waals surface area contributed by atoms with Crippen molar-refractivity contribution in [2.75, 3.05) is 7.05 Å². The molecule has 100 valence electrons. The van der Waals surface area contributed by atoms with Crippen LogP contribution in [0.3, 0.4) is 0 Å². The lowest BCUT2D eigenvalue weighted by atomic mass is 9.99. The minimum absolute atomic E-state index is 0.170. The van der Waals surface area contributed by atoms with Crippen molar-refractivity contribution in [3.05, 3.63) is 47.5 Å². The number of hydrogen-bond donors (Lipinski definition) is 2. The fourth-order valence-electron chi connectivity index (χ4n) is 2.06. The lowest BCUT2D eigenvalue weighted by Gasteiger charge is -2.15. The molecule has 0 heterocycles. The Morgan fingerprint density at radius 3 is 2.53 bits per heavy atom. The van der Waals surface area contributed by atoms with Crippen LogP contribution in [0.5, 0.6) is 0 Å². The maximum Gasteiger partial charge on any atom is 0.238 e. The van der Waals surface area contributed by atoms with Gasteiger partial charge in [0.25, 0.3) is 0 Å². The molecule has 0 aliphatic rings. The first-order valence-corrected chi connectivity index (χ1v) is 6.24. The average Bonchev–Trinajstić information content (AvgIpc) is 2.37. The molecule has 1 amide bonds. The second-order valence-corrected chi connectivity index (χ2v) is 4.93. The van der Waals surface area contributed by atoms with Crippen molar-refractivity contribution in [1.82, 2.24) is 5.01 Å². The summed E-state index contributed by atoms with van der Waals surface area (Å²) < 4.78 is 0. The fourth-order valence-corrected chi connectivity index (χ4v) is 2.06. The molecule has 0 spiro atoms. The van der Waals surface area contributed by atoms with E-state index in [4.69, 9.17) is 11.6 Å². The number of benzene rings is 2. The second-order valence-electron chi connectivity index (χ2n) is 4.93. The topological polar surface area (TPSA) is 72.4 Å². The first-order valence-electron chi connectivity index (χ1n) is 6.24. The zero-order chi connectivity index (χ0) is 14.0. The summed E-state index contributed by atoms with van der Waals surface area (Å²) in [5, 5.41) is 3.38. The van der Waals surface area contributed by atoms with Gasteiger partial charge in [-0.05, 0) is 29.3 Å². The molecule has 0 saturated heterocycles. The Morgan fingerprint density at radius 2 is 1.84 bits per heavy atom. The SMILES string of the molecule is Cc1ccc2cc(C(N)CC(=O)N(C)N)ccc2c1. The molecule has 0 radical (unpaired) electrons. The highest BCUT2D eigenvalue weighted by Gasteiger charge is 2.13. The molecule has 2 aromatic rings. The smallest absolute Gasteiger partial charge is 0.238 e. The van der Waals surface area contributed by atoms with Crippen molar-refractivity contribution < 1.29 is 4.79 Å². The number of hydrogen-bond acceptors (Lipinski definition) is 3. The molecule has 4 nitrogen and oxygen atoms in total. The Hall–Kier alpha value is -1.91. The minimum Gasteiger partial charge on any atom is -0.324 e. The van der Waals surface area contributed by atoms with Gasteiger partial charge in [0.05, 0.1) is 0 Å².